The van der Waals surface area contributed by atoms with Crippen LogP contribution in [-0.2, 0) is 0 Å². The van der Waals surface area contributed by atoms with Gasteiger partial charge in [0.2, 0.25) is 0 Å². The van der Waals surface area contributed by atoms with E-state index in [0.29, 0.717) is 16.8 Å². The molecule has 0 bridgehead atoms. The molecular weight excluding hydrogens is 383 g/mol. The predicted octanol–water partition coefficient (Wildman–Crippen LogP) is 4.84. The standard InChI is InChI=1S/C19H10BrFN4/c20-14-5-3-4-12(10-14)17-9-8-13(11-22)19-23-18(24-25(17)19)15-6-1-2-7-16(15)21/h1-10H. The molecular formula is C19H10BrFN4. The molecule has 2 aromatic heterocycles. The number of benzene rings is 2. The minimum absolute atomic E-state index is 0.247. The van der Waals surface area contributed by atoms with Crippen molar-refractivity contribution in [2.45, 2.75) is 0 Å². The molecule has 0 unspecified atom stereocenters. The number of hydrogen-bond donors (Lipinski definition) is 0. The van der Waals surface area contributed by atoms with E-state index in [9.17, 15) is 9.65 Å². The van der Waals surface area contributed by atoms with E-state index in [0.717, 1.165) is 15.7 Å². The molecule has 0 aliphatic rings. The van der Waals surface area contributed by atoms with Crippen molar-refractivity contribution in [3.05, 3.63) is 76.5 Å². The van der Waals surface area contributed by atoms with Crippen molar-refractivity contribution in [3.63, 3.8) is 0 Å². The van der Waals surface area contributed by atoms with E-state index >= 15 is 0 Å². The van der Waals surface area contributed by atoms with Gasteiger partial charge in [0.05, 0.1) is 16.8 Å². The lowest BCUT2D eigenvalue weighted by molar-refractivity contribution is 0.630. The number of nitrogens with zero attached hydrogens (tertiary/aromatic N) is 4. The highest BCUT2D eigenvalue weighted by atomic mass is 79.9. The molecule has 0 saturated carbocycles. The Morgan fingerprint density at radius 3 is 2.64 bits per heavy atom. The van der Waals surface area contributed by atoms with Crippen molar-refractivity contribution in [3.8, 4) is 28.7 Å². The van der Waals surface area contributed by atoms with Crippen LogP contribution in [0.4, 0.5) is 4.39 Å². The fourth-order valence-corrected chi connectivity index (χ4v) is 3.07. The van der Waals surface area contributed by atoms with Gasteiger partial charge in [-0.2, -0.15) is 5.26 Å². The van der Waals surface area contributed by atoms with Gasteiger partial charge in [0, 0.05) is 10.0 Å². The van der Waals surface area contributed by atoms with Gasteiger partial charge in [0.1, 0.15) is 11.9 Å². The quantitative estimate of drug-likeness (QED) is 0.490. The zero-order chi connectivity index (χ0) is 17.4. The summed E-state index contributed by atoms with van der Waals surface area (Å²) in [5, 5.41) is 13.8. The Morgan fingerprint density at radius 2 is 1.88 bits per heavy atom. The second kappa shape index (κ2) is 6.11. The minimum Gasteiger partial charge on any atom is -0.211 e. The zero-order valence-corrected chi connectivity index (χ0v) is 14.4. The number of aromatic nitrogens is 3. The molecule has 4 rings (SSSR count). The van der Waals surface area contributed by atoms with Crippen molar-refractivity contribution in [2.24, 2.45) is 0 Å². The van der Waals surface area contributed by atoms with Crippen LogP contribution in [0, 0.1) is 17.1 Å². The molecule has 0 saturated heterocycles. The largest absolute Gasteiger partial charge is 0.211 e. The number of fused-ring (bicyclic) bond motifs is 1. The van der Waals surface area contributed by atoms with E-state index < -0.39 is 5.82 Å². The molecule has 0 radical (unpaired) electrons. The lowest BCUT2D eigenvalue weighted by Gasteiger charge is -2.05. The first-order valence-corrected chi connectivity index (χ1v) is 8.27. The van der Waals surface area contributed by atoms with Crippen LogP contribution < -0.4 is 0 Å². The Hall–Kier alpha value is -3.04. The molecule has 120 valence electrons. The first kappa shape index (κ1) is 15.5. The van der Waals surface area contributed by atoms with E-state index in [1.807, 2.05) is 30.3 Å². The molecule has 2 aromatic carbocycles. The molecule has 4 nitrogen and oxygen atoms in total. The molecule has 0 atom stereocenters. The first-order chi connectivity index (χ1) is 12.2. The third-order valence-corrected chi connectivity index (χ3v) is 4.33. The van der Waals surface area contributed by atoms with Gasteiger partial charge in [0.15, 0.2) is 11.5 Å². The van der Waals surface area contributed by atoms with Gasteiger partial charge in [-0.1, -0.05) is 40.2 Å². The van der Waals surface area contributed by atoms with Crippen LogP contribution in [0.15, 0.2) is 65.1 Å². The molecule has 2 heterocycles. The summed E-state index contributed by atoms with van der Waals surface area (Å²) in [6, 6.07) is 19.7. The third kappa shape index (κ3) is 2.69. The first-order valence-electron chi connectivity index (χ1n) is 7.48. The SMILES string of the molecule is N#Cc1ccc(-c2cccc(Br)c2)n2nc(-c3ccccc3F)nc12. The third-order valence-electron chi connectivity index (χ3n) is 3.84. The van der Waals surface area contributed by atoms with Crippen LogP contribution in [0.3, 0.4) is 0 Å². The van der Waals surface area contributed by atoms with Gasteiger partial charge >= 0.3 is 0 Å². The van der Waals surface area contributed by atoms with Crippen molar-refractivity contribution < 1.29 is 4.39 Å². The van der Waals surface area contributed by atoms with Gasteiger partial charge in [-0.05, 0) is 36.4 Å². The van der Waals surface area contributed by atoms with Gasteiger partial charge < -0.3 is 0 Å². The predicted molar refractivity (Wildman–Crippen MR) is 96.2 cm³/mol. The lowest BCUT2D eigenvalue weighted by atomic mass is 10.1. The molecule has 4 aromatic rings. The topological polar surface area (TPSA) is 54.0 Å². The fraction of sp³-hybridized carbons (Fsp3) is 0. The number of halogens is 2. The maximum absolute atomic E-state index is 14.1. The van der Waals surface area contributed by atoms with Crippen LogP contribution in [-0.4, -0.2) is 14.6 Å². The monoisotopic (exact) mass is 392 g/mol. The normalized spacial score (nSPS) is 10.8. The molecule has 0 spiro atoms. The minimum atomic E-state index is -0.402. The Kier molecular flexibility index (Phi) is 3.79. The summed E-state index contributed by atoms with van der Waals surface area (Å²) in [6.45, 7) is 0. The fourth-order valence-electron chi connectivity index (χ4n) is 2.67. The van der Waals surface area contributed by atoms with E-state index in [4.69, 9.17) is 0 Å². The van der Waals surface area contributed by atoms with Crippen molar-refractivity contribution >= 4 is 21.6 Å². The number of rotatable bonds is 2. The van der Waals surface area contributed by atoms with E-state index in [-0.39, 0.29) is 5.82 Å². The molecule has 0 amide bonds. The summed E-state index contributed by atoms with van der Waals surface area (Å²) in [7, 11) is 0. The van der Waals surface area contributed by atoms with Crippen molar-refractivity contribution in [2.75, 3.05) is 0 Å². The summed E-state index contributed by atoms with van der Waals surface area (Å²) in [5.41, 5.74) is 2.77. The van der Waals surface area contributed by atoms with Crippen LogP contribution in [0.25, 0.3) is 28.3 Å². The Bertz CT molecular complexity index is 1140. The Morgan fingerprint density at radius 1 is 1.04 bits per heavy atom. The number of nitriles is 1. The smallest absolute Gasteiger partial charge is 0.185 e. The number of pyridine rings is 1. The maximum atomic E-state index is 14.1. The van der Waals surface area contributed by atoms with Crippen molar-refractivity contribution in [1.29, 1.82) is 5.26 Å². The second-order valence-electron chi connectivity index (χ2n) is 5.41. The van der Waals surface area contributed by atoms with E-state index in [1.165, 1.54) is 6.07 Å². The van der Waals surface area contributed by atoms with Gasteiger partial charge in [-0.15, -0.1) is 5.10 Å². The Labute approximate surface area is 151 Å². The van der Waals surface area contributed by atoms with Crippen molar-refractivity contribution in [1.82, 2.24) is 14.6 Å². The van der Waals surface area contributed by atoms with Crippen LogP contribution >= 0.6 is 15.9 Å². The van der Waals surface area contributed by atoms with Crippen LogP contribution in [0.2, 0.25) is 0 Å². The highest BCUT2D eigenvalue weighted by Gasteiger charge is 2.16. The average molecular weight is 393 g/mol. The Balaban J connectivity index is 2.01. The number of hydrogen-bond acceptors (Lipinski definition) is 3. The van der Waals surface area contributed by atoms with Crippen LogP contribution in [0.5, 0.6) is 0 Å². The van der Waals surface area contributed by atoms with Gasteiger partial charge in [-0.3, -0.25) is 0 Å². The van der Waals surface area contributed by atoms with Gasteiger partial charge in [-0.25, -0.2) is 13.9 Å². The summed E-state index contributed by atoms with van der Waals surface area (Å²) >= 11 is 3.46. The average Bonchev–Trinajstić information content (AvgIpc) is 3.06. The molecule has 6 heteroatoms. The molecule has 0 N–H and O–H groups in total. The second-order valence-corrected chi connectivity index (χ2v) is 6.32. The molecule has 0 aliphatic carbocycles. The maximum Gasteiger partial charge on any atom is 0.185 e. The summed E-state index contributed by atoms with van der Waals surface area (Å²) < 4.78 is 16.6. The van der Waals surface area contributed by atoms with E-state index in [1.54, 1.807) is 28.8 Å². The molecule has 0 aliphatic heterocycles. The zero-order valence-electron chi connectivity index (χ0n) is 12.8. The highest BCUT2D eigenvalue weighted by Crippen LogP contribution is 2.27. The summed E-state index contributed by atoms with van der Waals surface area (Å²) in [6.07, 6.45) is 0. The van der Waals surface area contributed by atoms with Crippen LogP contribution in [0.1, 0.15) is 5.56 Å². The van der Waals surface area contributed by atoms with Gasteiger partial charge in [0.25, 0.3) is 0 Å². The molecule has 0 fully saturated rings. The lowest BCUT2D eigenvalue weighted by Crippen LogP contribution is -1.96. The summed E-state index contributed by atoms with van der Waals surface area (Å²) in [5.74, 6) is -0.155. The van der Waals surface area contributed by atoms with E-state index in [2.05, 4.69) is 32.1 Å². The summed E-state index contributed by atoms with van der Waals surface area (Å²) in [4.78, 5) is 4.40. The molecule has 25 heavy (non-hydrogen) atoms. The highest BCUT2D eigenvalue weighted by molar-refractivity contribution is 9.10.